The van der Waals surface area contributed by atoms with Crippen LogP contribution in [0.1, 0.15) is 64.0 Å². The number of anilines is 1. The highest BCUT2D eigenvalue weighted by Gasteiger charge is 2.14. The fourth-order valence-electron chi connectivity index (χ4n) is 4.50. The Labute approximate surface area is 222 Å². The molecule has 3 aromatic rings. The van der Waals surface area contributed by atoms with Gasteiger partial charge in [0.05, 0.1) is 0 Å². The normalized spacial score (nSPS) is 14.1. The van der Waals surface area contributed by atoms with Crippen LogP contribution in [0.25, 0.3) is 16.7 Å². The zero-order valence-electron chi connectivity index (χ0n) is 22.7. The van der Waals surface area contributed by atoms with Gasteiger partial charge in [-0.2, -0.15) is 0 Å². The first-order chi connectivity index (χ1) is 17.9. The van der Waals surface area contributed by atoms with Crippen molar-refractivity contribution in [1.82, 2.24) is 9.88 Å². The predicted molar refractivity (Wildman–Crippen MR) is 154 cm³/mol. The standard InChI is InChI=1S/C21H19FN2O.C11H23N/c1-14(2)15-7-9-16(10-8-15)18-11-20(21(23)24-12-18)25-13-17-5-3-4-6-19(17)22;1-3-4-7-11(2)10-12-8-5-6-9-12/h3-12H,1,13H2,2H3,(H2,23,24);11H,3-10H2,1-2H3. The number of hydrogen-bond donors (Lipinski definition) is 1. The molecule has 1 unspecified atom stereocenters. The molecule has 2 aromatic carbocycles. The van der Waals surface area contributed by atoms with Gasteiger partial charge in [-0.25, -0.2) is 9.37 Å². The Morgan fingerprint density at radius 1 is 1.11 bits per heavy atom. The second-order valence-electron chi connectivity index (χ2n) is 10.1. The van der Waals surface area contributed by atoms with Crippen molar-refractivity contribution in [1.29, 1.82) is 0 Å². The van der Waals surface area contributed by atoms with Gasteiger partial charge in [-0.3, -0.25) is 0 Å². The van der Waals surface area contributed by atoms with Crippen molar-refractivity contribution in [3.05, 3.63) is 84.3 Å². The minimum Gasteiger partial charge on any atom is -0.485 e. The van der Waals surface area contributed by atoms with E-state index in [0.717, 1.165) is 28.2 Å². The lowest BCUT2D eigenvalue weighted by Crippen LogP contribution is -2.25. The fourth-order valence-corrected chi connectivity index (χ4v) is 4.50. The van der Waals surface area contributed by atoms with Crippen molar-refractivity contribution in [2.45, 2.75) is 59.5 Å². The maximum atomic E-state index is 13.7. The molecule has 0 spiro atoms. The van der Waals surface area contributed by atoms with E-state index in [-0.39, 0.29) is 18.2 Å². The Morgan fingerprint density at radius 3 is 2.46 bits per heavy atom. The molecule has 4 rings (SSSR count). The summed E-state index contributed by atoms with van der Waals surface area (Å²) >= 11 is 0. The highest BCUT2D eigenvalue weighted by atomic mass is 19.1. The van der Waals surface area contributed by atoms with Gasteiger partial charge in [0.15, 0.2) is 11.6 Å². The molecule has 1 atom stereocenters. The van der Waals surface area contributed by atoms with Gasteiger partial charge in [0, 0.05) is 23.9 Å². The first kappa shape index (κ1) is 28.4. The molecule has 0 saturated carbocycles. The third kappa shape index (κ3) is 9.01. The van der Waals surface area contributed by atoms with E-state index in [1.54, 1.807) is 24.4 Å². The lowest BCUT2D eigenvalue weighted by atomic mass is 10.0. The molecule has 5 heteroatoms. The monoisotopic (exact) mass is 503 g/mol. The number of nitrogens with zero attached hydrogens (tertiary/aromatic N) is 2. The number of nitrogen functional groups attached to an aromatic ring is 1. The van der Waals surface area contributed by atoms with E-state index in [2.05, 4.69) is 30.3 Å². The molecule has 1 saturated heterocycles. The molecule has 0 radical (unpaired) electrons. The molecule has 0 bridgehead atoms. The summed E-state index contributed by atoms with van der Waals surface area (Å²) in [6.07, 6.45) is 8.74. The predicted octanol–water partition coefficient (Wildman–Crippen LogP) is 7.99. The lowest BCUT2D eigenvalue weighted by Gasteiger charge is -2.19. The highest BCUT2D eigenvalue weighted by Crippen LogP contribution is 2.28. The molecule has 1 fully saturated rings. The van der Waals surface area contributed by atoms with Crippen LogP contribution in [0.15, 0.2) is 67.4 Å². The largest absolute Gasteiger partial charge is 0.485 e. The number of nitrogens with two attached hydrogens (primary N) is 1. The molecule has 0 aliphatic carbocycles. The lowest BCUT2D eigenvalue weighted by molar-refractivity contribution is 0.277. The average molecular weight is 504 g/mol. The van der Waals surface area contributed by atoms with Gasteiger partial charge in [0.25, 0.3) is 0 Å². The van der Waals surface area contributed by atoms with Gasteiger partial charge in [0.1, 0.15) is 12.4 Å². The Balaban J connectivity index is 0.000000266. The second-order valence-corrected chi connectivity index (χ2v) is 10.1. The third-order valence-corrected chi connectivity index (χ3v) is 6.75. The van der Waals surface area contributed by atoms with E-state index >= 15 is 0 Å². The molecule has 2 N–H and O–H groups in total. The number of allylic oxidation sites excluding steroid dienone is 1. The van der Waals surface area contributed by atoms with Crippen LogP contribution in [0.4, 0.5) is 10.2 Å². The molecule has 4 nitrogen and oxygen atoms in total. The molecule has 0 amide bonds. The van der Waals surface area contributed by atoms with Crippen LogP contribution in [0.5, 0.6) is 5.75 Å². The number of rotatable bonds is 10. The van der Waals surface area contributed by atoms with Gasteiger partial charge < -0.3 is 15.4 Å². The summed E-state index contributed by atoms with van der Waals surface area (Å²) in [6.45, 7) is 14.7. The molecule has 1 aliphatic heterocycles. The molecule has 2 heterocycles. The maximum Gasteiger partial charge on any atom is 0.166 e. The molecule has 37 heavy (non-hydrogen) atoms. The van der Waals surface area contributed by atoms with Crippen LogP contribution < -0.4 is 10.5 Å². The van der Waals surface area contributed by atoms with E-state index in [1.807, 2.05) is 37.3 Å². The quantitative estimate of drug-likeness (QED) is 0.305. The highest BCUT2D eigenvalue weighted by molar-refractivity contribution is 5.70. The molecule has 1 aliphatic rings. The summed E-state index contributed by atoms with van der Waals surface area (Å²) in [6, 6.07) is 16.3. The van der Waals surface area contributed by atoms with Crippen LogP contribution in [0.3, 0.4) is 0 Å². The number of aromatic nitrogens is 1. The van der Waals surface area contributed by atoms with E-state index in [9.17, 15) is 4.39 Å². The van der Waals surface area contributed by atoms with E-state index in [1.165, 1.54) is 57.8 Å². The summed E-state index contributed by atoms with van der Waals surface area (Å²) < 4.78 is 19.4. The second kappa shape index (κ2) is 14.5. The van der Waals surface area contributed by atoms with Crippen LogP contribution in [-0.2, 0) is 6.61 Å². The number of unbranched alkanes of at least 4 members (excludes halogenated alkanes) is 1. The SMILES string of the molecule is C=C(C)c1ccc(-c2cnc(N)c(OCc3ccccc3F)c2)cc1.CCCCC(C)CN1CCCC1. The van der Waals surface area contributed by atoms with Crippen LogP contribution in [0.2, 0.25) is 0 Å². The van der Waals surface area contributed by atoms with Crippen molar-refractivity contribution in [3.8, 4) is 16.9 Å². The van der Waals surface area contributed by atoms with Crippen LogP contribution >= 0.6 is 0 Å². The Bertz CT molecular complexity index is 1120. The average Bonchev–Trinajstić information content (AvgIpc) is 3.41. The summed E-state index contributed by atoms with van der Waals surface area (Å²) in [4.78, 5) is 6.81. The number of benzene rings is 2. The smallest absolute Gasteiger partial charge is 0.166 e. The topological polar surface area (TPSA) is 51.4 Å². The first-order valence-electron chi connectivity index (χ1n) is 13.5. The van der Waals surface area contributed by atoms with Crippen molar-refractivity contribution >= 4 is 11.4 Å². The van der Waals surface area contributed by atoms with Crippen molar-refractivity contribution < 1.29 is 9.13 Å². The molecule has 198 valence electrons. The van der Waals surface area contributed by atoms with Crippen molar-refractivity contribution in [3.63, 3.8) is 0 Å². The Morgan fingerprint density at radius 2 is 1.81 bits per heavy atom. The van der Waals surface area contributed by atoms with Crippen LogP contribution in [0, 0.1) is 11.7 Å². The fraction of sp³-hybridized carbons (Fsp3) is 0.406. The summed E-state index contributed by atoms with van der Waals surface area (Å²) in [5.74, 6) is 1.33. The molecule has 1 aromatic heterocycles. The number of pyridine rings is 1. The summed E-state index contributed by atoms with van der Waals surface area (Å²) in [5.41, 5.74) is 10.3. The maximum absolute atomic E-state index is 13.7. The first-order valence-corrected chi connectivity index (χ1v) is 13.5. The number of likely N-dealkylation sites (tertiary alicyclic amines) is 1. The third-order valence-electron chi connectivity index (χ3n) is 6.75. The zero-order chi connectivity index (χ0) is 26.6. The minimum absolute atomic E-state index is 0.0939. The summed E-state index contributed by atoms with van der Waals surface area (Å²) in [5, 5.41) is 0. The summed E-state index contributed by atoms with van der Waals surface area (Å²) in [7, 11) is 0. The van der Waals surface area contributed by atoms with Crippen LogP contribution in [-0.4, -0.2) is 29.5 Å². The number of ether oxygens (including phenoxy) is 1. The molecular weight excluding hydrogens is 461 g/mol. The van der Waals surface area contributed by atoms with Gasteiger partial charge in [-0.05, 0) is 68.5 Å². The van der Waals surface area contributed by atoms with Gasteiger partial charge in [0.2, 0.25) is 0 Å². The Kier molecular flexibility index (Phi) is 11.2. The number of halogens is 1. The minimum atomic E-state index is -0.305. The number of hydrogen-bond acceptors (Lipinski definition) is 4. The van der Waals surface area contributed by atoms with E-state index in [4.69, 9.17) is 10.5 Å². The van der Waals surface area contributed by atoms with E-state index in [0.29, 0.717) is 11.3 Å². The molecular formula is C32H42FN3O. The van der Waals surface area contributed by atoms with Gasteiger partial charge in [-0.15, -0.1) is 0 Å². The Hall–Kier alpha value is -3.18. The van der Waals surface area contributed by atoms with E-state index < -0.39 is 0 Å². The van der Waals surface area contributed by atoms with Crippen molar-refractivity contribution in [2.24, 2.45) is 5.92 Å². The van der Waals surface area contributed by atoms with Gasteiger partial charge >= 0.3 is 0 Å². The van der Waals surface area contributed by atoms with Crippen molar-refractivity contribution in [2.75, 3.05) is 25.4 Å². The zero-order valence-corrected chi connectivity index (χ0v) is 22.7. The van der Waals surface area contributed by atoms with Gasteiger partial charge in [-0.1, -0.05) is 81.3 Å².